The lowest BCUT2D eigenvalue weighted by molar-refractivity contribution is -0.137. The van der Waals surface area contributed by atoms with E-state index in [4.69, 9.17) is 5.11 Å². The number of sulfonamides is 1. The maximum atomic E-state index is 12.5. The van der Waals surface area contributed by atoms with Crippen LogP contribution in [0.3, 0.4) is 0 Å². The molecule has 0 aliphatic carbocycles. The fraction of sp³-hybridized carbons (Fsp3) is 0.500. The summed E-state index contributed by atoms with van der Waals surface area (Å²) in [5.41, 5.74) is 1.04. The number of carbonyl (C=O) groups is 1. The molecule has 0 saturated heterocycles. The molecule has 112 valence electrons. The molecule has 0 saturated carbocycles. The Labute approximate surface area is 120 Å². The van der Waals surface area contributed by atoms with Gasteiger partial charge in [0.15, 0.2) is 0 Å². The summed E-state index contributed by atoms with van der Waals surface area (Å²) >= 11 is 0. The van der Waals surface area contributed by atoms with Gasteiger partial charge in [-0.15, -0.1) is 0 Å². The van der Waals surface area contributed by atoms with Crippen molar-refractivity contribution in [2.24, 2.45) is 0 Å². The summed E-state index contributed by atoms with van der Waals surface area (Å²) in [6.07, 6.45) is 0. The van der Waals surface area contributed by atoms with Crippen molar-refractivity contribution in [2.45, 2.75) is 44.6 Å². The first-order valence-corrected chi connectivity index (χ1v) is 7.94. The molecular formula is C14H21NO4S. The number of hydrogen-bond donors (Lipinski definition) is 1. The van der Waals surface area contributed by atoms with Gasteiger partial charge in [-0.3, -0.25) is 4.79 Å². The second-order valence-corrected chi connectivity index (χ2v) is 7.15. The molecule has 0 atom stereocenters. The smallest absolute Gasteiger partial charge is 0.318 e. The quantitative estimate of drug-likeness (QED) is 0.874. The molecule has 1 N–H and O–H groups in total. The van der Waals surface area contributed by atoms with E-state index < -0.39 is 28.6 Å². The molecule has 0 amide bonds. The Morgan fingerprint density at radius 3 is 2.00 bits per heavy atom. The van der Waals surface area contributed by atoms with E-state index in [1.807, 2.05) is 13.8 Å². The third kappa shape index (κ3) is 3.80. The summed E-state index contributed by atoms with van der Waals surface area (Å²) in [6.45, 7) is 6.82. The van der Waals surface area contributed by atoms with Crippen LogP contribution < -0.4 is 0 Å². The number of rotatable bonds is 6. The van der Waals surface area contributed by atoms with Crippen LogP contribution >= 0.6 is 0 Å². The van der Waals surface area contributed by atoms with E-state index in [1.165, 1.54) is 12.1 Å². The second-order valence-electron chi connectivity index (χ2n) is 5.26. The van der Waals surface area contributed by atoms with Crippen molar-refractivity contribution in [3.05, 3.63) is 29.8 Å². The Morgan fingerprint density at radius 2 is 1.65 bits per heavy atom. The van der Waals surface area contributed by atoms with E-state index in [1.54, 1.807) is 26.0 Å². The molecule has 0 spiro atoms. The standard InChI is InChI=1S/C14H21NO4S/c1-10(2)12-5-7-13(8-6-12)20(18,19)15(11(3)4)9-14(16)17/h5-8,10-11H,9H2,1-4H3,(H,16,17). The van der Waals surface area contributed by atoms with E-state index in [0.29, 0.717) is 5.92 Å². The van der Waals surface area contributed by atoms with Crippen molar-refractivity contribution in [1.82, 2.24) is 4.31 Å². The molecule has 0 aliphatic heterocycles. The molecule has 1 aromatic rings. The monoisotopic (exact) mass is 299 g/mol. The van der Waals surface area contributed by atoms with Crippen molar-refractivity contribution >= 4 is 16.0 Å². The molecule has 0 bridgehead atoms. The minimum atomic E-state index is -3.79. The highest BCUT2D eigenvalue weighted by atomic mass is 32.2. The molecule has 0 aromatic heterocycles. The van der Waals surface area contributed by atoms with Gasteiger partial charge in [0.2, 0.25) is 10.0 Å². The van der Waals surface area contributed by atoms with Gasteiger partial charge in [0.1, 0.15) is 6.54 Å². The zero-order valence-corrected chi connectivity index (χ0v) is 13.0. The number of carboxylic acid groups (broad SMARTS) is 1. The molecule has 0 radical (unpaired) electrons. The first kappa shape index (κ1) is 16.7. The van der Waals surface area contributed by atoms with Crippen LogP contribution in [0.25, 0.3) is 0 Å². The van der Waals surface area contributed by atoms with E-state index in [9.17, 15) is 13.2 Å². The van der Waals surface area contributed by atoms with Gasteiger partial charge in [-0.25, -0.2) is 8.42 Å². The second kappa shape index (κ2) is 6.37. The molecule has 5 nitrogen and oxygen atoms in total. The van der Waals surface area contributed by atoms with Crippen LogP contribution in [0, 0.1) is 0 Å². The topological polar surface area (TPSA) is 74.7 Å². The summed E-state index contributed by atoms with van der Waals surface area (Å²) in [5.74, 6) is -0.854. The third-order valence-corrected chi connectivity index (χ3v) is 5.06. The van der Waals surface area contributed by atoms with Gasteiger partial charge in [-0.05, 0) is 37.5 Å². The largest absolute Gasteiger partial charge is 0.480 e. The van der Waals surface area contributed by atoms with E-state index >= 15 is 0 Å². The van der Waals surface area contributed by atoms with Gasteiger partial charge in [-0.2, -0.15) is 4.31 Å². The van der Waals surface area contributed by atoms with Crippen LogP contribution in [0.2, 0.25) is 0 Å². The maximum absolute atomic E-state index is 12.5. The summed E-state index contributed by atoms with van der Waals surface area (Å²) in [5, 5.41) is 8.85. The van der Waals surface area contributed by atoms with Gasteiger partial charge >= 0.3 is 5.97 Å². The zero-order chi connectivity index (χ0) is 15.5. The Kier molecular flexibility index (Phi) is 5.30. The molecule has 0 heterocycles. The summed E-state index contributed by atoms with van der Waals surface area (Å²) in [7, 11) is -3.79. The number of benzene rings is 1. The maximum Gasteiger partial charge on any atom is 0.318 e. The van der Waals surface area contributed by atoms with Crippen LogP contribution in [0.4, 0.5) is 0 Å². The lowest BCUT2D eigenvalue weighted by Gasteiger charge is -2.24. The van der Waals surface area contributed by atoms with Crippen LogP contribution in [-0.4, -0.2) is 36.4 Å². The van der Waals surface area contributed by atoms with E-state index in [0.717, 1.165) is 9.87 Å². The predicted molar refractivity (Wildman–Crippen MR) is 77.2 cm³/mol. The number of aliphatic carboxylic acids is 1. The molecule has 0 unspecified atom stereocenters. The first-order chi connectivity index (χ1) is 9.16. The minimum absolute atomic E-state index is 0.122. The van der Waals surface area contributed by atoms with Crippen LogP contribution in [-0.2, 0) is 14.8 Å². The van der Waals surface area contributed by atoms with Gasteiger partial charge in [0, 0.05) is 6.04 Å². The minimum Gasteiger partial charge on any atom is -0.480 e. The molecule has 0 aliphatic rings. The van der Waals surface area contributed by atoms with Gasteiger partial charge in [0.05, 0.1) is 4.90 Å². The molecule has 0 fully saturated rings. The SMILES string of the molecule is CC(C)c1ccc(S(=O)(=O)N(CC(=O)O)C(C)C)cc1. The van der Waals surface area contributed by atoms with Crippen LogP contribution in [0.15, 0.2) is 29.2 Å². The van der Waals surface area contributed by atoms with Crippen molar-refractivity contribution < 1.29 is 18.3 Å². The predicted octanol–water partition coefficient (Wildman–Crippen LogP) is 2.29. The fourth-order valence-electron chi connectivity index (χ4n) is 1.84. The van der Waals surface area contributed by atoms with Crippen molar-refractivity contribution in [3.63, 3.8) is 0 Å². The highest BCUT2D eigenvalue weighted by Gasteiger charge is 2.28. The Balaban J connectivity index is 3.16. The number of nitrogens with zero attached hydrogens (tertiary/aromatic N) is 1. The van der Waals surface area contributed by atoms with Crippen LogP contribution in [0.1, 0.15) is 39.2 Å². The molecule has 20 heavy (non-hydrogen) atoms. The first-order valence-electron chi connectivity index (χ1n) is 6.50. The van der Waals surface area contributed by atoms with Gasteiger partial charge in [-0.1, -0.05) is 26.0 Å². The van der Waals surface area contributed by atoms with Crippen molar-refractivity contribution in [2.75, 3.05) is 6.54 Å². The lowest BCUT2D eigenvalue weighted by atomic mass is 10.0. The number of hydrogen-bond acceptors (Lipinski definition) is 3. The Hall–Kier alpha value is -1.40. The highest BCUT2D eigenvalue weighted by molar-refractivity contribution is 7.89. The van der Waals surface area contributed by atoms with Crippen molar-refractivity contribution in [3.8, 4) is 0 Å². The molecular weight excluding hydrogens is 278 g/mol. The van der Waals surface area contributed by atoms with Gasteiger partial charge < -0.3 is 5.11 Å². The normalized spacial score (nSPS) is 12.3. The van der Waals surface area contributed by atoms with E-state index in [2.05, 4.69) is 0 Å². The zero-order valence-electron chi connectivity index (χ0n) is 12.2. The van der Waals surface area contributed by atoms with Gasteiger partial charge in [0.25, 0.3) is 0 Å². The summed E-state index contributed by atoms with van der Waals surface area (Å²) < 4.78 is 25.9. The lowest BCUT2D eigenvalue weighted by Crippen LogP contribution is -2.40. The average molecular weight is 299 g/mol. The molecule has 6 heteroatoms. The van der Waals surface area contributed by atoms with Crippen LogP contribution in [0.5, 0.6) is 0 Å². The Bertz CT molecular complexity index is 561. The summed E-state index contributed by atoms with van der Waals surface area (Å²) in [6, 6.07) is 6.16. The average Bonchev–Trinajstić information content (AvgIpc) is 2.35. The van der Waals surface area contributed by atoms with E-state index in [-0.39, 0.29) is 4.90 Å². The Morgan fingerprint density at radius 1 is 1.15 bits per heavy atom. The molecule has 1 rings (SSSR count). The highest BCUT2D eigenvalue weighted by Crippen LogP contribution is 2.21. The fourth-order valence-corrected chi connectivity index (χ4v) is 3.42. The van der Waals surface area contributed by atoms with Crippen molar-refractivity contribution in [1.29, 1.82) is 0 Å². The third-order valence-electron chi connectivity index (χ3n) is 3.02. The molecule has 1 aromatic carbocycles. The number of carboxylic acids is 1. The summed E-state index contributed by atoms with van der Waals surface area (Å²) in [4.78, 5) is 11.0.